The third-order valence-electron chi connectivity index (χ3n) is 2.60. The van der Waals surface area contributed by atoms with Gasteiger partial charge in [0, 0.05) is 6.54 Å². The number of nitrogens with one attached hydrogen (secondary N) is 1. The predicted molar refractivity (Wildman–Crippen MR) is 80.2 cm³/mol. The van der Waals surface area contributed by atoms with Gasteiger partial charge in [-0.25, -0.2) is 0 Å². The summed E-state index contributed by atoms with van der Waals surface area (Å²) in [5.74, 6) is 0.0931. The van der Waals surface area contributed by atoms with E-state index in [1.807, 2.05) is 30.3 Å². The Morgan fingerprint density at radius 3 is 2.30 bits per heavy atom. The van der Waals surface area contributed by atoms with Gasteiger partial charge in [0.2, 0.25) is 0 Å². The number of benzene rings is 2. The Bertz CT molecular complexity index is 567. The van der Waals surface area contributed by atoms with E-state index in [2.05, 4.69) is 5.32 Å². The quantitative estimate of drug-likeness (QED) is 0.914. The summed E-state index contributed by atoms with van der Waals surface area (Å²) < 4.78 is 5.34. The second-order valence-electron chi connectivity index (χ2n) is 4.10. The molecule has 0 bridgehead atoms. The monoisotopic (exact) mass is 309 g/mol. The van der Waals surface area contributed by atoms with E-state index in [1.54, 1.807) is 18.2 Å². The molecule has 0 aliphatic rings. The zero-order chi connectivity index (χ0) is 14.4. The van der Waals surface area contributed by atoms with Crippen LogP contribution >= 0.6 is 23.2 Å². The first-order chi connectivity index (χ1) is 9.66. The molecule has 0 atom stereocenters. The van der Waals surface area contributed by atoms with Gasteiger partial charge in [-0.15, -0.1) is 0 Å². The topological polar surface area (TPSA) is 38.3 Å². The zero-order valence-corrected chi connectivity index (χ0v) is 12.1. The zero-order valence-electron chi connectivity index (χ0n) is 10.6. The Morgan fingerprint density at radius 2 is 1.65 bits per heavy atom. The molecule has 0 radical (unpaired) electrons. The van der Waals surface area contributed by atoms with Gasteiger partial charge in [0.15, 0.2) is 12.4 Å². The van der Waals surface area contributed by atoms with E-state index in [-0.39, 0.29) is 12.5 Å². The van der Waals surface area contributed by atoms with E-state index < -0.39 is 0 Å². The van der Waals surface area contributed by atoms with Crippen molar-refractivity contribution in [2.75, 3.05) is 6.61 Å². The van der Waals surface area contributed by atoms with Crippen LogP contribution in [-0.4, -0.2) is 12.5 Å². The number of rotatable bonds is 5. The molecule has 2 rings (SSSR count). The maximum absolute atomic E-state index is 11.7. The minimum absolute atomic E-state index is 0.129. The number of hydrogen-bond acceptors (Lipinski definition) is 2. The summed E-state index contributed by atoms with van der Waals surface area (Å²) in [5.41, 5.74) is 1.02. The average Bonchev–Trinajstić information content (AvgIpc) is 2.46. The Hall–Kier alpha value is -1.71. The van der Waals surface area contributed by atoms with Gasteiger partial charge in [0.05, 0.1) is 10.0 Å². The van der Waals surface area contributed by atoms with Crippen LogP contribution in [0.15, 0.2) is 48.5 Å². The number of carbonyl (C=O) groups is 1. The molecule has 0 aliphatic carbocycles. The van der Waals surface area contributed by atoms with E-state index in [4.69, 9.17) is 27.9 Å². The van der Waals surface area contributed by atoms with Crippen LogP contribution in [0, 0.1) is 0 Å². The van der Waals surface area contributed by atoms with Gasteiger partial charge in [0.25, 0.3) is 5.91 Å². The van der Waals surface area contributed by atoms with E-state index in [0.717, 1.165) is 5.56 Å². The van der Waals surface area contributed by atoms with Crippen LogP contribution in [0.5, 0.6) is 5.75 Å². The van der Waals surface area contributed by atoms with Crippen LogP contribution in [0.25, 0.3) is 0 Å². The molecule has 0 saturated carbocycles. The number of halogens is 2. The molecule has 1 N–H and O–H groups in total. The Balaban J connectivity index is 1.84. The molecule has 20 heavy (non-hydrogen) atoms. The fraction of sp³-hybridized carbons (Fsp3) is 0.133. The predicted octanol–water partition coefficient (Wildman–Crippen LogP) is 3.69. The average molecular weight is 310 g/mol. The van der Waals surface area contributed by atoms with Crippen molar-refractivity contribution in [2.24, 2.45) is 0 Å². The van der Waals surface area contributed by atoms with Crippen LogP contribution < -0.4 is 10.1 Å². The molecule has 2 aromatic rings. The van der Waals surface area contributed by atoms with E-state index in [0.29, 0.717) is 22.3 Å². The van der Waals surface area contributed by atoms with Crippen LogP contribution in [0.1, 0.15) is 5.56 Å². The first-order valence-electron chi connectivity index (χ1n) is 6.04. The van der Waals surface area contributed by atoms with Gasteiger partial charge in [-0.05, 0) is 17.7 Å². The molecule has 0 unspecified atom stereocenters. The molecule has 5 heteroatoms. The van der Waals surface area contributed by atoms with Crippen molar-refractivity contribution in [3.8, 4) is 5.75 Å². The first kappa shape index (κ1) is 14.7. The third kappa shape index (κ3) is 4.15. The molecule has 0 fully saturated rings. The summed E-state index contributed by atoms with van der Waals surface area (Å²) in [6.45, 7) is 0.329. The Labute approximate surface area is 127 Å². The Morgan fingerprint density at radius 1 is 1.00 bits per heavy atom. The lowest BCUT2D eigenvalue weighted by atomic mass is 10.2. The standard InChI is InChI=1S/C15H13Cl2NO2/c16-12-7-4-8-13(17)15(12)20-10-14(19)18-9-11-5-2-1-3-6-11/h1-8H,9-10H2,(H,18,19). The first-order valence-corrected chi connectivity index (χ1v) is 6.80. The minimum Gasteiger partial charge on any atom is -0.481 e. The summed E-state index contributed by atoms with van der Waals surface area (Å²) in [4.78, 5) is 11.7. The molecular weight excluding hydrogens is 297 g/mol. The molecule has 1 amide bonds. The lowest BCUT2D eigenvalue weighted by Crippen LogP contribution is -2.28. The summed E-state index contributed by atoms with van der Waals surface area (Å²) in [6, 6.07) is 14.7. The molecule has 0 aromatic heterocycles. The number of carbonyl (C=O) groups excluding carboxylic acids is 1. The second kappa shape index (κ2) is 7.17. The third-order valence-corrected chi connectivity index (χ3v) is 3.19. The van der Waals surface area contributed by atoms with Gasteiger partial charge in [0.1, 0.15) is 0 Å². The van der Waals surface area contributed by atoms with Crippen molar-refractivity contribution in [1.29, 1.82) is 0 Å². The van der Waals surface area contributed by atoms with Crippen LogP contribution in [0.3, 0.4) is 0 Å². The van der Waals surface area contributed by atoms with Gasteiger partial charge in [-0.1, -0.05) is 59.6 Å². The number of hydrogen-bond donors (Lipinski definition) is 1. The summed E-state index contributed by atoms with van der Waals surface area (Å²) >= 11 is 11.9. The van der Waals surface area contributed by atoms with Crippen molar-refractivity contribution in [3.05, 3.63) is 64.1 Å². The normalized spacial score (nSPS) is 10.1. The molecule has 0 aliphatic heterocycles. The largest absolute Gasteiger partial charge is 0.481 e. The SMILES string of the molecule is O=C(COc1c(Cl)cccc1Cl)NCc1ccccc1. The summed E-state index contributed by atoms with van der Waals surface area (Å²) in [5, 5.41) is 3.52. The van der Waals surface area contributed by atoms with Crippen LogP contribution in [-0.2, 0) is 11.3 Å². The molecule has 2 aromatic carbocycles. The highest BCUT2D eigenvalue weighted by Gasteiger charge is 2.09. The van der Waals surface area contributed by atoms with Crippen molar-refractivity contribution >= 4 is 29.1 Å². The summed E-state index contributed by atoms with van der Waals surface area (Å²) in [6.07, 6.45) is 0. The number of ether oxygens (including phenoxy) is 1. The molecule has 0 saturated heterocycles. The number of para-hydroxylation sites is 1. The lowest BCUT2D eigenvalue weighted by Gasteiger charge is -2.10. The lowest BCUT2D eigenvalue weighted by molar-refractivity contribution is -0.123. The molecule has 0 heterocycles. The van der Waals surface area contributed by atoms with E-state index in [9.17, 15) is 4.79 Å². The van der Waals surface area contributed by atoms with Crippen LogP contribution in [0.2, 0.25) is 10.0 Å². The fourth-order valence-corrected chi connectivity index (χ4v) is 2.11. The van der Waals surface area contributed by atoms with E-state index in [1.165, 1.54) is 0 Å². The maximum Gasteiger partial charge on any atom is 0.258 e. The molecule has 104 valence electrons. The molecular formula is C15H13Cl2NO2. The molecule has 0 spiro atoms. The second-order valence-corrected chi connectivity index (χ2v) is 4.92. The van der Waals surface area contributed by atoms with Gasteiger partial charge >= 0.3 is 0 Å². The van der Waals surface area contributed by atoms with Crippen molar-refractivity contribution < 1.29 is 9.53 Å². The van der Waals surface area contributed by atoms with Crippen molar-refractivity contribution in [1.82, 2.24) is 5.32 Å². The van der Waals surface area contributed by atoms with Crippen LogP contribution in [0.4, 0.5) is 0 Å². The Kier molecular flexibility index (Phi) is 5.27. The maximum atomic E-state index is 11.7. The van der Waals surface area contributed by atoms with Crippen molar-refractivity contribution in [3.63, 3.8) is 0 Å². The minimum atomic E-state index is -0.232. The smallest absolute Gasteiger partial charge is 0.258 e. The van der Waals surface area contributed by atoms with Gasteiger partial charge < -0.3 is 10.1 Å². The van der Waals surface area contributed by atoms with Crippen molar-refractivity contribution in [2.45, 2.75) is 6.54 Å². The van der Waals surface area contributed by atoms with Gasteiger partial charge in [-0.3, -0.25) is 4.79 Å². The van der Waals surface area contributed by atoms with Gasteiger partial charge in [-0.2, -0.15) is 0 Å². The summed E-state index contributed by atoms with van der Waals surface area (Å²) in [7, 11) is 0. The fourth-order valence-electron chi connectivity index (χ4n) is 1.61. The molecule has 3 nitrogen and oxygen atoms in total. The number of amides is 1. The highest BCUT2D eigenvalue weighted by atomic mass is 35.5. The highest BCUT2D eigenvalue weighted by molar-refractivity contribution is 6.37. The highest BCUT2D eigenvalue weighted by Crippen LogP contribution is 2.32. The van der Waals surface area contributed by atoms with E-state index >= 15 is 0 Å².